The van der Waals surface area contributed by atoms with E-state index in [1.165, 1.54) is 105 Å². The minimum Gasteiger partial charge on any atom is -0.508 e. The Labute approximate surface area is 299 Å². The van der Waals surface area contributed by atoms with Gasteiger partial charge in [0.15, 0.2) is 0 Å². The average molecular weight is 685 g/mol. The molecule has 260 valence electrons. The summed E-state index contributed by atoms with van der Waals surface area (Å²) >= 11 is 0. The van der Waals surface area contributed by atoms with Crippen LogP contribution >= 0.6 is 21.6 Å². The summed E-state index contributed by atoms with van der Waals surface area (Å²) in [4.78, 5) is 0. The van der Waals surface area contributed by atoms with E-state index >= 15 is 0 Å². The standard InChI is InChI=1S/C43H60N2OS2/c1-29-7-6-12-43(22-29)27-42(14-10-30(23-42)25-44-3)24-38-35-17-32-15-31(18-37(46)19-32)16-33-8-4-5-9-34(33)26-45-41(2)13-11-40(48-47-28-41)36(20-35)21-39(38)43/h4-6,8-9,12,15,18-19,29-30,35-36,38-40,44-46H,7,10-11,13-14,16-17,20-28H2,1-3H3/t29-,30+,35-,36-,38-,39+,40+,41+,42-,43-/m0/s1. The van der Waals surface area contributed by atoms with Gasteiger partial charge in [0.05, 0.1) is 0 Å². The van der Waals surface area contributed by atoms with Gasteiger partial charge in [-0.1, -0.05) is 71.0 Å². The number of phenols is 1. The van der Waals surface area contributed by atoms with Crippen molar-refractivity contribution >= 4 is 21.6 Å². The fourth-order valence-electron chi connectivity index (χ4n) is 12.3. The molecule has 2 spiro atoms. The molecule has 2 heterocycles. The van der Waals surface area contributed by atoms with Crippen molar-refractivity contribution in [1.82, 2.24) is 10.6 Å². The first-order valence-corrected chi connectivity index (χ1v) is 21.9. The highest BCUT2D eigenvalue weighted by Crippen LogP contribution is 2.68. The summed E-state index contributed by atoms with van der Waals surface area (Å²) in [7, 11) is 6.56. The lowest BCUT2D eigenvalue weighted by molar-refractivity contribution is -0.0848. The minimum absolute atomic E-state index is 0.151. The molecule has 6 bridgehead atoms. The monoisotopic (exact) mass is 684 g/mol. The van der Waals surface area contributed by atoms with Crippen molar-refractivity contribution in [3.8, 4) is 5.75 Å². The number of nitrogens with one attached hydrogen (secondary N) is 2. The normalized spacial score (nSPS) is 41.2. The molecule has 5 heteroatoms. The lowest BCUT2D eigenvalue weighted by Gasteiger charge is -2.61. The van der Waals surface area contributed by atoms with Crippen LogP contribution in [-0.4, -0.2) is 35.2 Å². The van der Waals surface area contributed by atoms with Crippen LogP contribution in [-0.2, 0) is 19.4 Å². The number of hydrogen-bond donors (Lipinski definition) is 3. The van der Waals surface area contributed by atoms with Gasteiger partial charge in [0.2, 0.25) is 0 Å². The van der Waals surface area contributed by atoms with Crippen molar-refractivity contribution in [3.05, 3.63) is 76.9 Å². The average Bonchev–Trinajstić information content (AvgIpc) is 3.31. The van der Waals surface area contributed by atoms with E-state index < -0.39 is 0 Å². The summed E-state index contributed by atoms with van der Waals surface area (Å²) in [6.07, 6.45) is 22.6. The number of aromatic hydroxyl groups is 1. The van der Waals surface area contributed by atoms with Gasteiger partial charge < -0.3 is 15.7 Å². The second-order valence-corrected chi connectivity index (χ2v) is 20.6. The largest absolute Gasteiger partial charge is 0.508 e. The third-order valence-corrected chi connectivity index (χ3v) is 17.5. The first-order chi connectivity index (χ1) is 23.2. The Morgan fingerprint density at radius 2 is 1.83 bits per heavy atom. The highest BCUT2D eigenvalue weighted by atomic mass is 33.1. The minimum atomic E-state index is 0.151. The lowest BCUT2D eigenvalue weighted by Crippen LogP contribution is -2.53. The van der Waals surface area contributed by atoms with Crippen LogP contribution in [0.25, 0.3) is 0 Å². The van der Waals surface area contributed by atoms with Crippen LogP contribution in [0.2, 0.25) is 0 Å². The summed E-state index contributed by atoms with van der Waals surface area (Å²) in [6, 6.07) is 15.6. The zero-order valence-electron chi connectivity index (χ0n) is 29.8. The number of hydrogen-bond acceptors (Lipinski definition) is 5. The van der Waals surface area contributed by atoms with E-state index in [0.717, 1.165) is 54.2 Å². The van der Waals surface area contributed by atoms with Crippen molar-refractivity contribution in [2.75, 3.05) is 19.3 Å². The Bertz CT molecular complexity index is 1490. The van der Waals surface area contributed by atoms with Crippen LogP contribution in [0.15, 0.2) is 54.6 Å². The van der Waals surface area contributed by atoms with Gasteiger partial charge in [0.25, 0.3) is 0 Å². The first-order valence-electron chi connectivity index (χ1n) is 19.5. The van der Waals surface area contributed by atoms with Gasteiger partial charge in [-0.05, 0) is 185 Å². The molecule has 0 unspecified atom stereocenters. The molecule has 6 aliphatic rings. The summed E-state index contributed by atoms with van der Waals surface area (Å²) in [5.74, 6) is 6.27. The molecule has 4 aliphatic carbocycles. The van der Waals surface area contributed by atoms with E-state index in [0.29, 0.717) is 22.5 Å². The zero-order chi connectivity index (χ0) is 32.9. The Balaban J connectivity index is 1.20. The molecule has 0 aromatic heterocycles. The second kappa shape index (κ2) is 13.6. The molecule has 2 aromatic carbocycles. The molecule has 2 aliphatic heterocycles. The van der Waals surface area contributed by atoms with E-state index in [1.807, 2.05) is 6.07 Å². The van der Waals surface area contributed by atoms with Gasteiger partial charge in [0.1, 0.15) is 5.75 Å². The van der Waals surface area contributed by atoms with E-state index in [4.69, 9.17) is 0 Å². The number of rotatable bonds is 2. The van der Waals surface area contributed by atoms with Gasteiger partial charge in [0, 0.05) is 23.1 Å². The number of fused-ring (bicyclic) bond motifs is 12. The summed E-state index contributed by atoms with van der Waals surface area (Å²) in [5.41, 5.74) is 6.42. The summed E-state index contributed by atoms with van der Waals surface area (Å²) < 4.78 is 0. The van der Waals surface area contributed by atoms with Crippen LogP contribution in [0.5, 0.6) is 5.75 Å². The van der Waals surface area contributed by atoms with Crippen molar-refractivity contribution < 1.29 is 5.11 Å². The third kappa shape index (κ3) is 6.81. The number of benzene rings is 2. The topological polar surface area (TPSA) is 44.3 Å². The SMILES string of the molecule is CNC[C@@H]1CC[C@]2(C1)C[C@H]1[C@H]3Cc4cc(O)cc(c4)Cc4ccccc4CN[C@]4(C)CC[C@@H](SSC4)[C@@H](C3)C[C@H]1[C@]1(C=CC[C@H](C)C1)C2. The maximum atomic E-state index is 11.2. The molecule has 3 nitrogen and oxygen atoms in total. The van der Waals surface area contributed by atoms with Crippen LogP contribution in [0.4, 0.5) is 0 Å². The van der Waals surface area contributed by atoms with Crippen LogP contribution in [0.1, 0.15) is 107 Å². The van der Waals surface area contributed by atoms with Gasteiger partial charge in [-0.2, -0.15) is 0 Å². The van der Waals surface area contributed by atoms with Crippen molar-refractivity contribution in [1.29, 1.82) is 0 Å². The van der Waals surface area contributed by atoms with E-state index in [9.17, 15) is 5.11 Å². The van der Waals surface area contributed by atoms with Crippen molar-refractivity contribution in [2.24, 2.45) is 46.3 Å². The highest BCUT2D eigenvalue weighted by molar-refractivity contribution is 8.77. The predicted molar refractivity (Wildman–Crippen MR) is 205 cm³/mol. The summed E-state index contributed by atoms with van der Waals surface area (Å²) in [6.45, 7) is 7.12. The smallest absolute Gasteiger partial charge is 0.116 e. The fraction of sp³-hybridized carbons (Fsp3) is 0.674. The molecule has 3 saturated carbocycles. The molecular formula is C43H60N2OS2. The Kier molecular flexibility index (Phi) is 9.57. The highest BCUT2D eigenvalue weighted by Gasteiger charge is 2.59. The first kappa shape index (κ1) is 33.7. The molecular weight excluding hydrogens is 625 g/mol. The van der Waals surface area contributed by atoms with Crippen molar-refractivity contribution in [2.45, 2.75) is 115 Å². The Hall–Kier alpha value is -1.40. The maximum Gasteiger partial charge on any atom is 0.116 e. The molecule has 4 fully saturated rings. The Morgan fingerprint density at radius 3 is 2.69 bits per heavy atom. The predicted octanol–water partition coefficient (Wildman–Crippen LogP) is 9.96. The Morgan fingerprint density at radius 1 is 0.979 bits per heavy atom. The van der Waals surface area contributed by atoms with Crippen LogP contribution in [0.3, 0.4) is 0 Å². The van der Waals surface area contributed by atoms with Gasteiger partial charge in [-0.25, -0.2) is 0 Å². The molecule has 8 rings (SSSR count). The quantitative estimate of drug-likeness (QED) is 0.217. The van der Waals surface area contributed by atoms with Gasteiger partial charge in [-0.15, -0.1) is 0 Å². The maximum absolute atomic E-state index is 11.2. The van der Waals surface area contributed by atoms with Gasteiger partial charge in [-0.3, -0.25) is 0 Å². The zero-order valence-corrected chi connectivity index (χ0v) is 31.4. The molecule has 3 N–H and O–H groups in total. The molecule has 48 heavy (non-hydrogen) atoms. The van der Waals surface area contributed by atoms with Crippen LogP contribution < -0.4 is 10.6 Å². The molecule has 0 radical (unpaired) electrons. The molecule has 1 saturated heterocycles. The third-order valence-electron chi connectivity index (χ3n) is 14.2. The fourth-order valence-corrected chi connectivity index (χ4v) is 15.9. The van der Waals surface area contributed by atoms with Gasteiger partial charge >= 0.3 is 0 Å². The summed E-state index contributed by atoms with van der Waals surface area (Å²) in [5, 5.41) is 19.5. The molecule has 10 atom stereocenters. The van der Waals surface area contributed by atoms with Crippen molar-refractivity contribution in [3.63, 3.8) is 0 Å². The van der Waals surface area contributed by atoms with Crippen LogP contribution in [0, 0.1) is 46.3 Å². The number of allylic oxidation sites excluding steroid dienone is 2. The lowest BCUT2D eigenvalue weighted by atomic mass is 9.44. The van der Waals surface area contributed by atoms with E-state index in [2.05, 4.69) is 102 Å². The molecule has 2 aromatic rings. The molecule has 0 amide bonds. The number of phenolic OH excluding ortho intramolecular Hbond substituents is 1. The van der Waals surface area contributed by atoms with E-state index in [1.54, 1.807) is 0 Å². The second-order valence-electron chi connectivity index (χ2n) is 18.0. The van der Waals surface area contributed by atoms with E-state index in [-0.39, 0.29) is 5.54 Å².